The van der Waals surface area contributed by atoms with Gasteiger partial charge in [-0.3, -0.25) is 0 Å². The monoisotopic (exact) mass is 536 g/mol. The van der Waals surface area contributed by atoms with E-state index in [1.54, 1.807) is 6.92 Å². The van der Waals surface area contributed by atoms with Crippen LogP contribution in [0.3, 0.4) is 0 Å². The van der Waals surface area contributed by atoms with Crippen LogP contribution >= 0.6 is 0 Å². The molecule has 0 aromatic heterocycles. The Balaban J connectivity index is 1.89. The van der Waals surface area contributed by atoms with Gasteiger partial charge in [0.2, 0.25) is 0 Å². The fourth-order valence-corrected chi connectivity index (χ4v) is 4.41. The van der Waals surface area contributed by atoms with Crippen LogP contribution in [-0.4, -0.2) is 70.3 Å². The van der Waals surface area contributed by atoms with E-state index in [0.29, 0.717) is 13.2 Å². The number of hydrogen-bond acceptors (Lipinski definition) is 10. The highest BCUT2D eigenvalue weighted by molar-refractivity contribution is 5.14. The average Bonchev–Trinajstić information content (AvgIpc) is 2.91. The molecule has 0 radical (unpaired) electrons. The lowest BCUT2D eigenvalue weighted by Crippen LogP contribution is -2.63. The van der Waals surface area contributed by atoms with Crippen molar-refractivity contribution in [3.8, 4) is 0 Å². The molecule has 10 heteroatoms. The molecule has 1 fully saturated rings. The first kappa shape index (κ1) is 30.6. The number of rotatable bonds is 16. The van der Waals surface area contributed by atoms with Crippen molar-refractivity contribution in [2.24, 2.45) is 0 Å². The van der Waals surface area contributed by atoms with Crippen molar-refractivity contribution in [2.75, 3.05) is 27.9 Å². The van der Waals surface area contributed by atoms with E-state index in [2.05, 4.69) is 0 Å². The van der Waals surface area contributed by atoms with Gasteiger partial charge in [-0.2, -0.15) is 0 Å². The zero-order chi connectivity index (χ0) is 27.4. The fourth-order valence-electron chi connectivity index (χ4n) is 4.41. The van der Waals surface area contributed by atoms with Crippen LogP contribution in [0.15, 0.2) is 60.7 Å². The molecule has 1 aliphatic rings. The summed E-state index contributed by atoms with van der Waals surface area (Å²) in [5.74, 6) is -1.00. The molecule has 2 aromatic rings. The smallest absolute Gasteiger partial charge is 0.164 e. The maximum atomic E-state index is 6.45. The van der Waals surface area contributed by atoms with Crippen molar-refractivity contribution >= 4 is 0 Å². The third kappa shape index (κ3) is 9.06. The van der Waals surface area contributed by atoms with Crippen LogP contribution in [0, 0.1) is 0 Å². The third-order valence-electron chi connectivity index (χ3n) is 6.00. The van der Waals surface area contributed by atoms with Gasteiger partial charge in [-0.1, -0.05) is 60.7 Å². The normalized spacial score (nSPS) is 23.6. The first-order valence-electron chi connectivity index (χ1n) is 12.6. The summed E-state index contributed by atoms with van der Waals surface area (Å²) >= 11 is 0. The van der Waals surface area contributed by atoms with Gasteiger partial charge in [-0.25, -0.2) is 29.3 Å². The Labute approximate surface area is 224 Å². The van der Waals surface area contributed by atoms with E-state index in [1.165, 1.54) is 21.3 Å². The zero-order valence-electron chi connectivity index (χ0n) is 22.9. The standard InChI is InChI=1S/C28H40O10/c1-20(36-29-4)24(37-30-5)27(38-31-6)26-25(33-18-22-15-11-8-12-16-22)23(34-28(2,3)35-26)19-32-17-21-13-9-7-10-14-21/h7-16,20,23-27H,17-19H2,1-6H3/t20?,23-,24-,25+,26-,27+/m1/s1. The van der Waals surface area contributed by atoms with Gasteiger partial charge in [-0.15, -0.1) is 0 Å². The molecule has 1 heterocycles. The summed E-state index contributed by atoms with van der Waals surface area (Å²) in [6.45, 7) is 6.38. The molecule has 1 aliphatic heterocycles. The second-order valence-electron chi connectivity index (χ2n) is 9.32. The average molecular weight is 537 g/mol. The van der Waals surface area contributed by atoms with Crippen LogP contribution in [0.1, 0.15) is 31.9 Å². The van der Waals surface area contributed by atoms with E-state index in [4.69, 9.17) is 48.3 Å². The SMILES string of the molecule is COOC(C)[C@@H](OOC)[C@H](OOC)[C@@H]1OC(C)(C)O[C@H](COCc2ccccc2)[C@@H]1OCc1ccccc1. The third-order valence-corrected chi connectivity index (χ3v) is 6.00. The molecular formula is C28H40O10. The van der Waals surface area contributed by atoms with E-state index < -0.39 is 42.4 Å². The van der Waals surface area contributed by atoms with Crippen molar-refractivity contribution in [2.45, 2.75) is 76.4 Å². The van der Waals surface area contributed by atoms with Gasteiger partial charge in [0.05, 0.1) is 41.2 Å². The maximum absolute atomic E-state index is 6.45. The molecular weight excluding hydrogens is 496 g/mol. The van der Waals surface area contributed by atoms with Crippen molar-refractivity contribution in [1.82, 2.24) is 0 Å². The summed E-state index contributed by atoms with van der Waals surface area (Å²) in [7, 11) is 4.21. The van der Waals surface area contributed by atoms with Gasteiger partial charge < -0.3 is 18.9 Å². The minimum atomic E-state index is -1.00. The Morgan fingerprint density at radius 3 is 1.92 bits per heavy atom. The molecule has 6 atom stereocenters. The van der Waals surface area contributed by atoms with Gasteiger partial charge in [0.1, 0.15) is 24.4 Å². The Bertz CT molecular complexity index is 897. The molecule has 0 spiro atoms. The van der Waals surface area contributed by atoms with Crippen molar-refractivity contribution < 1.29 is 48.3 Å². The van der Waals surface area contributed by atoms with Crippen LogP contribution in [0.5, 0.6) is 0 Å². The van der Waals surface area contributed by atoms with Crippen LogP contribution in [0.25, 0.3) is 0 Å². The molecule has 3 rings (SSSR count). The zero-order valence-corrected chi connectivity index (χ0v) is 22.9. The van der Waals surface area contributed by atoms with E-state index >= 15 is 0 Å². The molecule has 0 aliphatic carbocycles. The minimum Gasteiger partial charge on any atom is -0.374 e. The molecule has 2 aromatic carbocycles. The fraction of sp³-hybridized carbons (Fsp3) is 0.571. The van der Waals surface area contributed by atoms with Crippen LogP contribution < -0.4 is 0 Å². The highest BCUT2D eigenvalue weighted by Gasteiger charge is 2.52. The summed E-state index contributed by atoms with van der Waals surface area (Å²) in [6.07, 6.45) is -4.22. The van der Waals surface area contributed by atoms with E-state index in [-0.39, 0.29) is 6.61 Å². The number of hydrogen-bond donors (Lipinski definition) is 0. The Morgan fingerprint density at radius 2 is 1.34 bits per heavy atom. The lowest BCUT2D eigenvalue weighted by atomic mass is 9.94. The summed E-state index contributed by atoms with van der Waals surface area (Å²) in [4.78, 5) is 31.7. The van der Waals surface area contributed by atoms with Gasteiger partial charge in [0.15, 0.2) is 18.0 Å². The highest BCUT2D eigenvalue weighted by atomic mass is 17.2. The Morgan fingerprint density at radius 1 is 0.763 bits per heavy atom. The lowest BCUT2D eigenvalue weighted by Gasteiger charge is -2.48. The summed E-state index contributed by atoms with van der Waals surface area (Å²) in [5.41, 5.74) is 2.04. The second-order valence-corrected chi connectivity index (χ2v) is 9.32. The summed E-state index contributed by atoms with van der Waals surface area (Å²) in [5, 5.41) is 0. The molecule has 212 valence electrons. The largest absolute Gasteiger partial charge is 0.374 e. The van der Waals surface area contributed by atoms with E-state index in [1.807, 2.05) is 74.5 Å². The summed E-state index contributed by atoms with van der Waals surface area (Å²) < 4.78 is 25.3. The quantitative estimate of drug-likeness (QED) is 0.230. The summed E-state index contributed by atoms with van der Waals surface area (Å²) in [6, 6.07) is 19.8. The van der Waals surface area contributed by atoms with Crippen LogP contribution in [-0.2, 0) is 61.5 Å². The van der Waals surface area contributed by atoms with Gasteiger partial charge in [-0.05, 0) is 31.9 Å². The van der Waals surface area contributed by atoms with Crippen molar-refractivity contribution in [3.05, 3.63) is 71.8 Å². The lowest BCUT2D eigenvalue weighted by molar-refractivity contribution is -0.442. The Hall–Kier alpha value is -1.96. The van der Waals surface area contributed by atoms with Gasteiger partial charge >= 0.3 is 0 Å². The molecule has 0 N–H and O–H groups in total. The topological polar surface area (TPSA) is 92.3 Å². The van der Waals surface area contributed by atoms with Crippen LogP contribution in [0.4, 0.5) is 0 Å². The van der Waals surface area contributed by atoms with Crippen molar-refractivity contribution in [3.63, 3.8) is 0 Å². The molecule has 0 saturated carbocycles. The molecule has 0 bridgehead atoms. The second kappa shape index (κ2) is 15.6. The molecule has 1 saturated heterocycles. The minimum absolute atomic E-state index is 0.247. The first-order valence-corrected chi connectivity index (χ1v) is 12.6. The predicted octanol–water partition coefficient (Wildman–Crippen LogP) is 4.17. The number of ether oxygens (including phenoxy) is 4. The first-order chi connectivity index (χ1) is 18.4. The maximum Gasteiger partial charge on any atom is 0.164 e. The Kier molecular flexibility index (Phi) is 12.5. The van der Waals surface area contributed by atoms with Gasteiger partial charge in [0, 0.05) is 0 Å². The van der Waals surface area contributed by atoms with Crippen LogP contribution in [0.2, 0.25) is 0 Å². The number of benzene rings is 2. The molecule has 10 nitrogen and oxygen atoms in total. The van der Waals surface area contributed by atoms with E-state index in [0.717, 1.165) is 11.1 Å². The van der Waals surface area contributed by atoms with E-state index in [9.17, 15) is 0 Å². The molecule has 0 amide bonds. The van der Waals surface area contributed by atoms with Crippen molar-refractivity contribution in [1.29, 1.82) is 0 Å². The highest BCUT2D eigenvalue weighted by Crippen LogP contribution is 2.35. The molecule has 38 heavy (non-hydrogen) atoms. The van der Waals surface area contributed by atoms with Gasteiger partial charge in [0.25, 0.3) is 0 Å². The predicted molar refractivity (Wildman–Crippen MR) is 136 cm³/mol. The molecule has 1 unspecified atom stereocenters.